The van der Waals surface area contributed by atoms with Crippen molar-refractivity contribution in [1.82, 2.24) is 15.3 Å². The van der Waals surface area contributed by atoms with Gasteiger partial charge in [0, 0.05) is 19.2 Å². The number of aromatic nitrogens is 2. The van der Waals surface area contributed by atoms with Crippen LogP contribution in [0.1, 0.15) is 35.0 Å². The Bertz CT molecular complexity index is 613. The second-order valence-electron chi connectivity index (χ2n) is 4.82. The van der Waals surface area contributed by atoms with Crippen LogP contribution in [-0.2, 0) is 6.54 Å². The van der Waals surface area contributed by atoms with Gasteiger partial charge in [0.15, 0.2) is 0 Å². The molecule has 1 aromatic heterocycles. The summed E-state index contributed by atoms with van der Waals surface area (Å²) in [4.78, 5) is 20.2. The highest BCUT2D eigenvalue weighted by Crippen LogP contribution is 2.08. The van der Waals surface area contributed by atoms with Crippen LogP contribution >= 0.6 is 0 Å². The number of hydrogen-bond acceptors (Lipinski definition) is 4. The fourth-order valence-electron chi connectivity index (χ4n) is 1.91. The Kier molecular flexibility index (Phi) is 5.26. The van der Waals surface area contributed by atoms with Gasteiger partial charge < -0.3 is 10.6 Å². The van der Waals surface area contributed by atoms with Gasteiger partial charge in [0.05, 0.1) is 0 Å². The Labute approximate surface area is 124 Å². The Balaban J connectivity index is 1.98. The first-order chi connectivity index (χ1) is 10.2. The number of carbonyl (C=O) groups is 1. The summed E-state index contributed by atoms with van der Waals surface area (Å²) >= 11 is 0. The van der Waals surface area contributed by atoms with Gasteiger partial charge in [0.1, 0.15) is 17.8 Å². The van der Waals surface area contributed by atoms with Crippen molar-refractivity contribution in [1.29, 1.82) is 0 Å². The van der Waals surface area contributed by atoms with E-state index >= 15 is 0 Å². The van der Waals surface area contributed by atoms with E-state index in [-0.39, 0.29) is 5.91 Å². The van der Waals surface area contributed by atoms with E-state index in [1.54, 1.807) is 6.07 Å². The Morgan fingerprint density at radius 1 is 1.24 bits per heavy atom. The summed E-state index contributed by atoms with van der Waals surface area (Å²) in [5.74, 6) is 0.480. The van der Waals surface area contributed by atoms with Gasteiger partial charge in [-0.15, -0.1) is 0 Å². The standard InChI is InChI=1S/C16H20N4O/c1-3-8-17-15-9-14(19-11-20-15)16(21)18-10-13-7-5-4-6-12(13)2/h4-7,9,11H,3,8,10H2,1-2H3,(H,18,21)(H,17,19,20). The van der Waals surface area contributed by atoms with Crippen molar-refractivity contribution in [2.24, 2.45) is 0 Å². The molecule has 2 N–H and O–H groups in total. The fourth-order valence-corrected chi connectivity index (χ4v) is 1.91. The normalized spacial score (nSPS) is 10.2. The minimum atomic E-state index is -0.194. The van der Waals surface area contributed by atoms with Gasteiger partial charge in [-0.05, 0) is 24.5 Å². The van der Waals surface area contributed by atoms with Gasteiger partial charge in [-0.25, -0.2) is 9.97 Å². The molecular weight excluding hydrogens is 264 g/mol. The molecule has 2 aromatic rings. The van der Waals surface area contributed by atoms with Crippen LogP contribution in [0.4, 0.5) is 5.82 Å². The summed E-state index contributed by atoms with van der Waals surface area (Å²) in [7, 11) is 0. The molecule has 0 atom stereocenters. The second-order valence-corrected chi connectivity index (χ2v) is 4.82. The third-order valence-corrected chi connectivity index (χ3v) is 3.16. The maximum absolute atomic E-state index is 12.1. The van der Waals surface area contributed by atoms with Crippen molar-refractivity contribution in [2.75, 3.05) is 11.9 Å². The van der Waals surface area contributed by atoms with E-state index in [1.165, 1.54) is 6.33 Å². The summed E-state index contributed by atoms with van der Waals surface area (Å²) in [5.41, 5.74) is 2.63. The molecule has 0 aliphatic heterocycles. The van der Waals surface area contributed by atoms with Crippen LogP contribution in [0.25, 0.3) is 0 Å². The summed E-state index contributed by atoms with van der Waals surface area (Å²) < 4.78 is 0. The first-order valence-electron chi connectivity index (χ1n) is 7.09. The highest BCUT2D eigenvalue weighted by molar-refractivity contribution is 5.92. The zero-order valence-corrected chi connectivity index (χ0v) is 12.4. The van der Waals surface area contributed by atoms with Crippen LogP contribution in [0.2, 0.25) is 0 Å². The molecule has 0 bridgehead atoms. The number of nitrogens with zero attached hydrogens (tertiary/aromatic N) is 2. The number of amides is 1. The number of benzene rings is 1. The van der Waals surface area contributed by atoms with E-state index in [1.807, 2.05) is 31.2 Å². The third-order valence-electron chi connectivity index (χ3n) is 3.16. The zero-order chi connectivity index (χ0) is 15.1. The van der Waals surface area contributed by atoms with E-state index in [9.17, 15) is 4.79 Å². The summed E-state index contributed by atoms with van der Waals surface area (Å²) in [6, 6.07) is 9.65. The first-order valence-corrected chi connectivity index (χ1v) is 7.09. The maximum Gasteiger partial charge on any atom is 0.270 e. The molecule has 0 radical (unpaired) electrons. The van der Waals surface area contributed by atoms with Crippen molar-refractivity contribution in [3.8, 4) is 0 Å². The highest BCUT2D eigenvalue weighted by atomic mass is 16.1. The predicted molar refractivity (Wildman–Crippen MR) is 83.2 cm³/mol. The SMILES string of the molecule is CCCNc1cc(C(=O)NCc2ccccc2C)ncn1. The van der Waals surface area contributed by atoms with E-state index < -0.39 is 0 Å². The topological polar surface area (TPSA) is 66.9 Å². The van der Waals surface area contributed by atoms with Gasteiger partial charge >= 0.3 is 0 Å². The molecule has 1 aromatic carbocycles. The maximum atomic E-state index is 12.1. The largest absolute Gasteiger partial charge is 0.370 e. The van der Waals surface area contributed by atoms with Gasteiger partial charge in [0.2, 0.25) is 0 Å². The summed E-state index contributed by atoms with van der Waals surface area (Å²) in [5, 5.41) is 6.02. The Morgan fingerprint density at radius 2 is 2.05 bits per heavy atom. The molecule has 0 spiro atoms. The molecule has 0 aliphatic rings. The van der Waals surface area contributed by atoms with Crippen molar-refractivity contribution in [3.05, 3.63) is 53.5 Å². The van der Waals surface area contributed by atoms with E-state index in [4.69, 9.17) is 0 Å². The lowest BCUT2D eigenvalue weighted by atomic mass is 10.1. The van der Waals surface area contributed by atoms with Gasteiger partial charge in [-0.2, -0.15) is 0 Å². The first kappa shape index (κ1) is 15.0. The average molecular weight is 284 g/mol. The molecule has 0 unspecified atom stereocenters. The quantitative estimate of drug-likeness (QED) is 0.855. The minimum absolute atomic E-state index is 0.194. The number of aryl methyl sites for hydroxylation is 1. The number of hydrogen-bond donors (Lipinski definition) is 2. The molecule has 0 saturated heterocycles. The number of rotatable bonds is 6. The zero-order valence-electron chi connectivity index (χ0n) is 12.4. The molecular formula is C16H20N4O. The molecule has 0 aliphatic carbocycles. The monoisotopic (exact) mass is 284 g/mol. The molecule has 5 heteroatoms. The highest BCUT2D eigenvalue weighted by Gasteiger charge is 2.08. The van der Waals surface area contributed by atoms with E-state index in [0.29, 0.717) is 18.1 Å². The number of nitrogens with one attached hydrogen (secondary N) is 2. The molecule has 110 valence electrons. The Hall–Kier alpha value is -2.43. The summed E-state index contributed by atoms with van der Waals surface area (Å²) in [6.45, 7) is 5.41. The van der Waals surface area contributed by atoms with Crippen LogP contribution in [-0.4, -0.2) is 22.4 Å². The van der Waals surface area contributed by atoms with Crippen molar-refractivity contribution in [2.45, 2.75) is 26.8 Å². The predicted octanol–water partition coefficient (Wildman–Crippen LogP) is 2.54. The van der Waals surface area contributed by atoms with Gasteiger partial charge in [-0.3, -0.25) is 4.79 Å². The molecule has 0 saturated carbocycles. The second kappa shape index (κ2) is 7.38. The third kappa shape index (κ3) is 4.27. The van der Waals surface area contributed by atoms with Crippen molar-refractivity contribution in [3.63, 3.8) is 0 Å². The van der Waals surface area contributed by atoms with Crippen molar-refractivity contribution >= 4 is 11.7 Å². The van der Waals surface area contributed by atoms with Crippen molar-refractivity contribution < 1.29 is 4.79 Å². The minimum Gasteiger partial charge on any atom is -0.370 e. The fraction of sp³-hybridized carbons (Fsp3) is 0.312. The number of anilines is 1. The molecule has 1 heterocycles. The molecule has 5 nitrogen and oxygen atoms in total. The lowest BCUT2D eigenvalue weighted by Gasteiger charge is -2.08. The molecule has 0 fully saturated rings. The Morgan fingerprint density at radius 3 is 2.81 bits per heavy atom. The molecule has 2 rings (SSSR count). The summed E-state index contributed by atoms with van der Waals surface area (Å²) in [6.07, 6.45) is 2.40. The lowest BCUT2D eigenvalue weighted by Crippen LogP contribution is -2.24. The smallest absolute Gasteiger partial charge is 0.270 e. The number of carbonyl (C=O) groups excluding carboxylic acids is 1. The van der Waals surface area contributed by atoms with Crippen LogP contribution in [0.15, 0.2) is 36.7 Å². The molecule has 21 heavy (non-hydrogen) atoms. The van der Waals surface area contributed by atoms with E-state index in [0.717, 1.165) is 24.1 Å². The van der Waals surface area contributed by atoms with Crippen LogP contribution < -0.4 is 10.6 Å². The van der Waals surface area contributed by atoms with Crippen LogP contribution in [0.3, 0.4) is 0 Å². The average Bonchev–Trinajstić information content (AvgIpc) is 2.52. The van der Waals surface area contributed by atoms with Gasteiger partial charge in [0.25, 0.3) is 5.91 Å². The van der Waals surface area contributed by atoms with E-state index in [2.05, 4.69) is 27.5 Å². The molecule has 1 amide bonds. The van der Waals surface area contributed by atoms with Gasteiger partial charge in [-0.1, -0.05) is 31.2 Å². The lowest BCUT2D eigenvalue weighted by molar-refractivity contribution is 0.0945. The van der Waals surface area contributed by atoms with Crippen LogP contribution in [0.5, 0.6) is 0 Å². The van der Waals surface area contributed by atoms with Crippen LogP contribution in [0, 0.1) is 6.92 Å².